The van der Waals surface area contributed by atoms with E-state index in [1.54, 1.807) is 0 Å². The average molecular weight is 309 g/mol. The molecule has 0 aliphatic heterocycles. The van der Waals surface area contributed by atoms with Crippen LogP contribution in [-0.4, -0.2) is 4.98 Å². The fourth-order valence-electron chi connectivity index (χ4n) is 0.999. The molecular weight excluding hydrogens is 305 g/mol. The molecule has 0 spiro atoms. The van der Waals surface area contributed by atoms with E-state index in [9.17, 15) is 0 Å². The van der Waals surface area contributed by atoms with Crippen molar-refractivity contribution >= 4 is 50.5 Å². The molecule has 0 aliphatic rings. The SMILES string of the molecule is Clc1nc(-c2ccc(Br)cc2)sc1Cl. The molecule has 0 N–H and O–H groups in total. The maximum absolute atomic E-state index is 5.83. The van der Waals surface area contributed by atoms with E-state index in [2.05, 4.69) is 20.9 Å². The number of halogens is 3. The molecule has 0 amide bonds. The third-order valence-corrected chi connectivity index (χ3v) is 3.95. The molecule has 1 heterocycles. The lowest BCUT2D eigenvalue weighted by molar-refractivity contribution is 1.41. The van der Waals surface area contributed by atoms with Gasteiger partial charge in [-0.15, -0.1) is 11.3 Å². The number of thiazole rings is 1. The summed E-state index contributed by atoms with van der Waals surface area (Å²) in [6.07, 6.45) is 0. The topological polar surface area (TPSA) is 12.9 Å². The smallest absolute Gasteiger partial charge is 0.159 e. The molecule has 5 heteroatoms. The Labute approximate surface area is 104 Å². The van der Waals surface area contributed by atoms with Crippen molar-refractivity contribution in [3.63, 3.8) is 0 Å². The van der Waals surface area contributed by atoms with E-state index >= 15 is 0 Å². The minimum atomic E-state index is 0.370. The molecule has 1 aromatic heterocycles. The van der Waals surface area contributed by atoms with E-state index in [0.717, 1.165) is 15.0 Å². The molecule has 0 unspecified atom stereocenters. The second kappa shape index (κ2) is 4.19. The van der Waals surface area contributed by atoms with Crippen LogP contribution in [0.15, 0.2) is 28.7 Å². The largest absolute Gasteiger partial charge is 0.223 e. The highest BCUT2D eigenvalue weighted by atomic mass is 79.9. The van der Waals surface area contributed by atoms with Gasteiger partial charge in [0.25, 0.3) is 0 Å². The first-order valence-corrected chi connectivity index (χ1v) is 6.11. The van der Waals surface area contributed by atoms with Gasteiger partial charge in [0.15, 0.2) is 5.15 Å². The van der Waals surface area contributed by atoms with Crippen LogP contribution in [0.1, 0.15) is 0 Å². The monoisotopic (exact) mass is 307 g/mol. The predicted molar refractivity (Wildman–Crippen MR) is 65.3 cm³/mol. The highest BCUT2D eigenvalue weighted by molar-refractivity contribution is 9.10. The lowest BCUT2D eigenvalue weighted by atomic mass is 10.2. The van der Waals surface area contributed by atoms with Crippen LogP contribution in [0.3, 0.4) is 0 Å². The summed E-state index contributed by atoms with van der Waals surface area (Å²) >= 11 is 16.3. The molecule has 2 rings (SSSR count). The Bertz CT molecular complexity index is 433. The van der Waals surface area contributed by atoms with Crippen molar-refractivity contribution in [3.05, 3.63) is 38.2 Å². The molecule has 0 radical (unpaired) electrons. The quantitative estimate of drug-likeness (QED) is 0.731. The maximum atomic E-state index is 5.83. The normalized spacial score (nSPS) is 10.5. The Hall–Kier alpha value is -0.0900. The van der Waals surface area contributed by atoms with Crippen molar-refractivity contribution in [1.29, 1.82) is 0 Å². The zero-order chi connectivity index (χ0) is 10.1. The maximum Gasteiger partial charge on any atom is 0.159 e. The van der Waals surface area contributed by atoms with Gasteiger partial charge in [0, 0.05) is 10.0 Å². The fraction of sp³-hybridized carbons (Fsp3) is 0. The summed E-state index contributed by atoms with van der Waals surface area (Å²) in [6, 6.07) is 7.85. The van der Waals surface area contributed by atoms with Crippen LogP contribution >= 0.6 is 50.5 Å². The molecule has 0 fully saturated rings. The molecule has 14 heavy (non-hydrogen) atoms. The highest BCUT2D eigenvalue weighted by Crippen LogP contribution is 2.34. The third-order valence-electron chi connectivity index (χ3n) is 1.64. The van der Waals surface area contributed by atoms with Gasteiger partial charge in [-0.25, -0.2) is 4.98 Å². The Kier molecular flexibility index (Phi) is 3.12. The fourth-order valence-corrected chi connectivity index (χ4v) is 2.47. The molecule has 0 atom stereocenters. The van der Waals surface area contributed by atoms with Crippen molar-refractivity contribution in [3.8, 4) is 10.6 Å². The summed E-state index contributed by atoms with van der Waals surface area (Å²) < 4.78 is 1.57. The number of aromatic nitrogens is 1. The van der Waals surface area contributed by atoms with Crippen molar-refractivity contribution in [2.75, 3.05) is 0 Å². The second-order valence-electron chi connectivity index (χ2n) is 2.59. The van der Waals surface area contributed by atoms with Crippen molar-refractivity contribution in [2.45, 2.75) is 0 Å². The van der Waals surface area contributed by atoms with Gasteiger partial charge in [-0.1, -0.05) is 51.3 Å². The number of rotatable bonds is 1. The highest BCUT2D eigenvalue weighted by Gasteiger charge is 2.08. The lowest BCUT2D eigenvalue weighted by Crippen LogP contribution is -1.74. The van der Waals surface area contributed by atoms with E-state index in [1.807, 2.05) is 24.3 Å². The molecule has 1 aromatic carbocycles. The van der Waals surface area contributed by atoms with Crippen LogP contribution in [-0.2, 0) is 0 Å². The van der Waals surface area contributed by atoms with Gasteiger partial charge >= 0.3 is 0 Å². The Morgan fingerprint density at radius 3 is 2.29 bits per heavy atom. The Morgan fingerprint density at radius 2 is 1.79 bits per heavy atom. The zero-order valence-corrected chi connectivity index (χ0v) is 10.7. The average Bonchev–Trinajstić information content (AvgIpc) is 2.48. The van der Waals surface area contributed by atoms with Gasteiger partial charge in [-0.05, 0) is 12.1 Å². The summed E-state index contributed by atoms with van der Waals surface area (Å²) in [7, 11) is 0. The summed E-state index contributed by atoms with van der Waals surface area (Å²) in [5.74, 6) is 0. The van der Waals surface area contributed by atoms with Crippen LogP contribution in [0.5, 0.6) is 0 Å². The first kappa shape index (κ1) is 10.4. The molecule has 0 aliphatic carbocycles. The first-order valence-electron chi connectivity index (χ1n) is 3.74. The Morgan fingerprint density at radius 1 is 1.14 bits per heavy atom. The molecule has 0 saturated heterocycles. The van der Waals surface area contributed by atoms with Crippen LogP contribution in [0.4, 0.5) is 0 Å². The second-order valence-corrected chi connectivity index (χ2v) is 5.47. The number of hydrogen-bond donors (Lipinski definition) is 0. The molecule has 1 nitrogen and oxygen atoms in total. The van der Waals surface area contributed by atoms with Gasteiger partial charge in [-0.3, -0.25) is 0 Å². The summed E-state index contributed by atoms with van der Waals surface area (Å²) in [5.41, 5.74) is 1.02. The van der Waals surface area contributed by atoms with E-state index in [1.165, 1.54) is 11.3 Å². The van der Waals surface area contributed by atoms with E-state index < -0.39 is 0 Å². The summed E-state index contributed by atoms with van der Waals surface area (Å²) in [4.78, 5) is 4.15. The summed E-state index contributed by atoms with van der Waals surface area (Å²) in [5, 5.41) is 1.21. The number of hydrogen-bond acceptors (Lipinski definition) is 2. The molecule has 2 aromatic rings. The zero-order valence-electron chi connectivity index (χ0n) is 6.80. The molecule has 0 bridgehead atoms. The van der Waals surface area contributed by atoms with E-state index in [-0.39, 0.29) is 0 Å². The minimum Gasteiger partial charge on any atom is -0.223 e. The van der Waals surface area contributed by atoms with Gasteiger partial charge < -0.3 is 0 Å². The van der Waals surface area contributed by atoms with Gasteiger partial charge in [0.2, 0.25) is 0 Å². The van der Waals surface area contributed by atoms with E-state index in [0.29, 0.717) is 9.49 Å². The summed E-state index contributed by atoms with van der Waals surface area (Å²) in [6.45, 7) is 0. The predicted octanol–water partition coefficient (Wildman–Crippen LogP) is 4.88. The molecular formula is C9H4BrCl2NS. The first-order chi connectivity index (χ1) is 6.66. The molecule has 72 valence electrons. The minimum absolute atomic E-state index is 0.370. The van der Waals surface area contributed by atoms with Gasteiger partial charge in [0.05, 0.1) is 0 Å². The third kappa shape index (κ3) is 2.11. The van der Waals surface area contributed by atoms with Crippen LogP contribution in [0, 0.1) is 0 Å². The number of nitrogens with zero attached hydrogens (tertiary/aromatic N) is 1. The molecule has 0 saturated carbocycles. The van der Waals surface area contributed by atoms with Gasteiger partial charge in [-0.2, -0.15) is 0 Å². The Balaban J connectivity index is 2.44. The van der Waals surface area contributed by atoms with E-state index in [4.69, 9.17) is 23.2 Å². The van der Waals surface area contributed by atoms with Crippen molar-refractivity contribution < 1.29 is 0 Å². The van der Waals surface area contributed by atoms with Crippen molar-refractivity contribution in [2.24, 2.45) is 0 Å². The van der Waals surface area contributed by atoms with Crippen molar-refractivity contribution in [1.82, 2.24) is 4.98 Å². The lowest BCUT2D eigenvalue weighted by Gasteiger charge is -1.94. The standard InChI is InChI=1S/C9H4BrCl2NS/c10-6-3-1-5(2-4-6)9-13-7(11)8(12)14-9/h1-4H. The van der Waals surface area contributed by atoms with Gasteiger partial charge in [0.1, 0.15) is 9.34 Å². The van der Waals surface area contributed by atoms with Crippen LogP contribution in [0.25, 0.3) is 10.6 Å². The van der Waals surface area contributed by atoms with Crippen LogP contribution < -0.4 is 0 Å². The van der Waals surface area contributed by atoms with Crippen LogP contribution in [0.2, 0.25) is 9.49 Å². The number of benzene rings is 1.